The average molecular weight is 654 g/mol. The number of aliphatic hydroxyl groups excluding tert-OH is 1. The lowest BCUT2D eigenvalue weighted by molar-refractivity contribution is -0.376. The number of sulfonamides is 1. The van der Waals surface area contributed by atoms with Crippen molar-refractivity contribution in [2.45, 2.75) is 74.5 Å². The lowest BCUT2D eigenvalue weighted by atomic mass is 9.87. The minimum Gasteiger partial charge on any atom is -0.394 e. The molecule has 3 rings (SSSR count). The fourth-order valence-corrected chi connectivity index (χ4v) is 6.62. The SMILES string of the molecule is CC=N/C(=C\C)C[C@H](CO)NC(=O)C[C@@H]1CCc2cc(C(O)(C(F)(F)F)C(F)(F)F)ccc2N1S(=O)(=O)c1ccc(F)cc1. The van der Waals surface area contributed by atoms with Crippen LogP contribution in [0.15, 0.2) is 64.1 Å². The number of carbonyl (C=O) groups excluding carboxylic acids is 1. The third kappa shape index (κ3) is 7.07. The Morgan fingerprint density at radius 3 is 2.23 bits per heavy atom. The van der Waals surface area contributed by atoms with E-state index >= 15 is 0 Å². The van der Waals surface area contributed by atoms with Gasteiger partial charge in [0.15, 0.2) is 0 Å². The normalized spacial score (nSPS) is 17.5. The molecule has 0 saturated heterocycles. The Hall–Kier alpha value is -3.50. The number of carbonyl (C=O) groups is 1. The Kier molecular flexibility index (Phi) is 10.5. The topological polar surface area (TPSA) is 119 Å². The average Bonchev–Trinajstić information content (AvgIpc) is 2.94. The van der Waals surface area contributed by atoms with Gasteiger partial charge in [-0.2, -0.15) is 26.3 Å². The van der Waals surface area contributed by atoms with Gasteiger partial charge in [0, 0.05) is 30.3 Å². The van der Waals surface area contributed by atoms with Crippen LogP contribution in [0.1, 0.15) is 44.2 Å². The molecule has 16 heteroatoms. The lowest BCUT2D eigenvalue weighted by Crippen LogP contribution is -2.54. The molecule has 0 unspecified atom stereocenters. The van der Waals surface area contributed by atoms with E-state index in [0.29, 0.717) is 28.2 Å². The van der Waals surface area contributed by atoms with Crippen molar-refractivity contribution in [2.24, 2.45) is 4.99 Å². The Morgan fingerprint density at radius 2 is 1.70 bits per heavy atom. The van der Waals surface area contributed by atoms with E-state index in [1.165, 1.54) is 6.21 Å². The molecule has 0 saturated carbocycles. The number of aryl methyl sites for hydroxylation is 1. The molecule has 1 amide bonds. The van der Waals surface area contributed by atoms with Crippen molar-refractivity contribution in [3.05, 3.63) is 71.2 Å². The molecule has 1 aliphatic heterocycles. The standard InChI is InChI=1S/C28H30F7N3O5S/c1-3-20(36-4-2)14-21(16-39)37-25(40)15-22-9-5-17-13-18(26(41,27(30,31)32)28(33,34)35)6-12-24(17)38(22)44(42,43)23-10-7-19(29)8-11-23/h3-4,6-8,10-13,21-22,39,41H,5,9,14-16H2,1-2H3,(H,37,40)/b20-3-,36-4?/t21-,22+/m1/s1. The highest BCUT2D eigenvalue weighted by Gasteiger charge is 2.71. The molecule has 1 heterocycles. The van der Waals surface area contributed by atoms with Crippen molar-refractivity contribution in [1.82, 2.24) is 5.32 Å². The van der Waals surface area contributed by atoms with Crippen LogP contribution in [0.25, 0.3) is 0 Å². The van der Waals surface area contributed by atoms with Crippen LogP contribution in [-0.2, 0) is 26.8 Å². The fourth-order valence-electron chi connectivity index (χ4n) is 4.91. The first kappa shape index (κ1) is 35.0. The van der Waals surface area contributed by atoms with Gasteiger partial charge in [-0.3, -0.25) is 14.1 Å². The number of aliphatic imine (C=N–C) groups is 1. The third-order valence-corrected chi connectivity index (χ3v) is 8.98. The second kappa shape index (κ2) is 13.2. The highest BCUT2D eigenvalue weighted by molar-refractivity contribution is 7.92. The minimum atomic E-state index is -6.16. The number of hydrogen-bond donors (Lipinski definition) is 3. The van der Waals surface area contributed by atoms with Crippen LogP contribution in [0.5, 0.6) is 0 Å². The second-order valence-corrected chi connectivity index (χ2v) is 11.8. The summed E-state index contributed by atoms with van der Waals surface area (Å²) in [5, 5.41) is 22.2. The zero-order valence-electron chi connectivity index (χ0n) is 23.5. The van der Waals surface area contributed by atoms with Crippen molar-refractivity contribution < 1.29 is 54.2 Å². The van der Waals surface area contributed by atoms with E-state index in [1.54, 1.807) is 19.9 Å². The number of aliphatic hydroxyl groups is 2. The number of benzene rings is 2. The summed E-state index contributed by atoms with van der Waals surface area (Å²) in [4.78, 5) is 16.7. The molecule has 242 valence electrons. The zero-order chi connectivity index (χ0) is 33.1. The number of amides is 1. The largest absolute Gasteiger partial charge is 0.430 e. The first-order chi connectivity index (χ1) is 20.4. The van der Waals surface area contributed by atoms with E-state index in [1.807, 2.05) is 0 Å². The van der Waals surface area contributed by atoms with Crippen molar-refractivity contribution in [3.63, 3.8) is 0 Å². The number of nitrogens with one attached hydrogen (secondary N) is 1. The van der Waals surface area contributed by atoms with Gasteiger partial charge in [-0.1, -0.05) is 18.2 Å². The smallest absolute Gasteiger partial charge is 0.394 e. The van der Waals surface area contributed by atoms with Gasteiger partial charge in [0.05, 0.1) is 29.3 Å². The van der Waals surface area contributed by atoms with Crippen LogP contribution in [0.3, 0.4) is 0 Å². The Labute approximate surface area is 249 Å². The van der Waals surface area contributed by atoms with Gasteiger partial charge >= 0.3 is 12.4 Å². The van der Waals surface area contributed by atoms with Gasteiger partial charge in [-0.15, -0.1) is 0 Å². The molecule has 3 N–H and O–H groups in total. The summed E-state index contributed by atoms with van der Waals surface area (Å²) in [6.45, 7) is 2.88. The van der Waals surface area contributed by atoms with E-state index in [4.69, 9.17) is 0 Å². The second-order valence-electron chi connectivity index (χ2n) is 10.0. The molecule has 8 nitrogen and oxygen atoms in total. The number of hydrogen-bond acceptors (Lipinski definition) is 6. The van der Waals surface area contributed by atoms with Crippen molar-refractivity contribution in [1.29, 1.82) is 0 Å². The first-order valence-electron chi connectivity index (χ1n) is 13.2. The van der Waals surface area contributed by atoms with Crippen LogP contribution < -0.4 is 9.62 Å². The van der Waals surface area contributed by atoms with Gasteiger partial charge in [-0.25, -0.2) is 12.8 Å². The van der Waals surface area contributed by atoms with E-state index < -0.39 is 75.3 Å². The molecule has 0 aromatic heterocycles. The summed E-state index contributed by atoms with van der Waals surface area (Å²) in [6.07, 6.45) is -9.98. The number of fused-ring (bicyclic) bond motifs is 1. The highest BCUT2D eigenvalue weighted by atomic mass is 32.2. The molecular formula is C28H30F7N3O5S. The Bertz CT molecular complexity index is 1490. The molecule has 0 radical (unpaired) electrons. The van der Waals surface area contributed by atoms with Gasteiger partial charge < -0.3 is 15.5 Å². The minimum absolute atomic E-state index is 0.137. The van der Waals surface area contributed by atoms with Gasteiger partial charge in [0.1, 0.15) is 5.82 Å². The number of allylic oxidation sites excluding steroid dienone is 1. The van der Waals surface area contributed by atoms with Crippen LogP contribution in [0, 0.1) is 5.82 Å². The molecular weight excluding hydrogens is 623 g/mol. The van der Waals surface area contributed by atoms with E-state index in [-0.39, 0.29) is 30.5 Å². The lowest BCUT2D eigenvalue weighted by Gasteiger charge is -2.39. The maximum absolute atomic E-state index is 13.8. The highest BCUT2D eigenvalue weighted by Crippen LogP contribution is 2.51. The fraction of sp³-hybridized carbons (Fsp3) is 0.429. The predicted octanol–water partition coefficient (Wildman–Crippen LogP) is 4.90. The van der Waals surface area contributed by atoms with Gasteiger partial charge in [-0.05, 0) is 62.6 Å². The summed E-state index contributed by atoms with van der Waals surface area (Å²) in [7, 11) is -4.65. The summed E-state index contributed by atoms with van der Waals surface area (Å²) >= 11 is 0. The third-order valence-electron chi connectivity index (χ3n) is 7.09. The molecule has 2 aromatic rings. The molecule has 1 aliphatic rings. The quantitative estimate of drug-likeness (QED) is 0.249. The van der Waals surface area contributed by atoms with E-state index in [2.05, 4.69) is 10.3 Å². The van der Waals surface area contributed by atoms with Crippen LogP contribution >= 0.6 is 0 Å². The van der Waals surface area contributed by atoms with Crippen molar-refractivity contribution in [3.8, 4) is 0 Å². The predicted molar refractivity (Wildman–Crippen MR) is 147 cm³/mol. The molecule has 2 aromatic carbocycles. The Morgan fingerprint density at radius 1 is 1.09 bits per heavy atom. The number of rotatable bonds is 10. The summed E-state index contributed by atoms with van der Waals surface area (Å²) in [5.41, 5.74) is -6.83. The molecule has 0 fully saturated rings. The van der Waals surface area contributed by atoms with E-state index in [9.17, 15) is 54.2 Å². The first-order valence-corrected chi connectivity index (χ1v) is 14.7. The van der Waals surface area contributed by atoms with Crippen LogP contribution in [0.2, 0.25) is 0 Å². The molecule has 44 heavy (non-hydrogen) atoms. The van der Waals surface area contributed by atoms with Gasteiger partial charge in [0.2, 0.25) is 5.91 Å². The summed E-state index contributed by atoms with van der Waals surface area (Å²) < 4.78 is 123. The van der Waals surface area contributed by atoms with E-state index in [0.717, 1.165) is 24.3 Å². The molecule has 2 atom stereocenters. The van der Waals surface area contributed by atoms with Crippen molar-refractivity contribution >= 4 is 27.8 Å². The monoisotopic (exact) mass is 653 g/mol. The molecule has 0 aliphatic carbocycles. The molecule has 0 bridgehead atoms. The van der Waals surface area contributed by atoms with Crippen LogP contribution in [-0.4, -0.2) is 61.8 Å². The maximum atomic E-state index is 13.8. The number of nitrogens with zero attached hydrogens (tertiary/aromatic N) is 2. The summed E-state index contributed by atoms with van der Waals surface area (Å²) in [5.74, 6) is -1.47. The number of halogens is 7. The molecule has 0 spiro atoms. The van der Waals surface area contributed by atoms with Crippen molar-refractivity contribution in [2.75, 3.05) is 10.9 Å². The van der Waals surface area contributed by atoms with Crippen LogP contribution in [0.4, 0.5) is 36.4 Å². The maximum Gasteiger partial charge on any atom is 0.430 e. The number of alkyl halides is 6. The number of anilines is 1. The zero-order valence-corrected chi connectivity index (χ0v) is 24.3. The Balaban J connectivity index is 2.06. The summed E-state index contributed by atoms with van der Waals surface area (Å²) in [6, 6.07) is 3.02. The van der Waals surface area contributed by atoms with Gasteiger partial charge in [0.25, 0.3) is 15.6 Å².